The molecule has 0 saturated heterocycles. The molecule has 0 unspecified atom stereocenters. The average molecular weight is 384 g/mol. The molecule has 0 N–H and O–H groups in total. The molecule has 0 fully saturated rings. The number of carbonyl (C=O) groups excluding carboxylic acids is 1. The van der Waals surface area contributed by atoms with Gasteiger partial charge in [0.2, 0.25) is 10.0 Å². The highest BCUT2D eigenvalue weighted by Crippen LogP contribution is 2.26. The molecular weight excluding hydrogens is 366 g/mol. The van der Waals surface area contributed by atoms with E-state index in [2.05, 4.69) is 4.74 Å². The van der Waals surface area contributed by atoms with Gasteiger partial charge in [0, 0.05) is 13.6 Å². The Morgan fingerprint density at radius 3 is 2.48 bits per heavy atom. The number of hydrogen-bond donors (Lipinski definition) is 0. The Bertz CT molecular complexity index is 882. The second-order valence-electron chi connectivity index (χ2n) is 5.25. The number of esters is 1. The molecule has 25 heavy (non-hydrogen) atoms. The number of methoxy groups -OCH3 is 2. The maximum Gasteiger partial charge on any atom is 0.337 e. The lowest BCUT2D eigenvalue weighted by Gasteiger charge is -2.18. The normalized spacial score (nSPS) is 11.4. The lowest BCUT2D eigenvalue weighted by molar-refractivity contribution is 0.0600. The van der Waals surface area contributed by atoms with E-state index in [9.17, 15) is 13.2 Å². The molecule has 0 aliphatic carbocycles. The molecule has 0 saturated carbocycles. The number of halogens is 1. The van der Waals surface area contributed by atoms with Crippen LogP contribution in [0.3, 0.4) is 0 Å². The topological polar surface area (TPSA) is 72.9 Å². The summed E-state index contributed by atoms with van der Waals surface area (Å²) in [5, 5.41) is -0.0413. The second kappa shape index (κ2) is 7.86. The lowest BCUT2D eigenvalue weighted by atomic mass is 10.2. The molecule has 0 bridgehead atoms. The van der Waals surface area contributed by atoms with E-state index in [4.69, 9.17) is 16.3 Å². The molecule has 0 amide bonds. The number of carbonyl (C=O) groups is 1. The minimum absolute atomic E-state index is 0.0413. The fourth-order valence-corrected chi connectivity index (χ4v) is 3.91. The summed E-state index contributed by atoms with van der Waals surface area (Å²) in [6.07, 6.45) is 0. The van der Waals surface area contributed by atoms with Crippen molar-refractivity contribution >= 4 is 27.6 Å². The van der Waals surface area contributed by atoms with Gasteiger partial charge >= 0.3 is 5.97 Å². The summed E-state index contributed by atoms with van der Waals surface area (Å²) in [6.45, 7) is 0.147. The molecule has 8 heteroatoms. The molecule has 2 aromatic carbocycles. The smallest absolute Gasteiger partial charge is 0.337 e. The van der Waals surface area contributed by atoms with Crippen molar-refractivity contribution in [3.8, 4) is 5.75 Å². The number of benzene rings is 2. The van der Waals surface area contributed by atoms with Crippen LogP contribution in [0, 0.1) is 0 Å². The van der Waals surface area contributed by atoms with Crippen LogP contribution >= 0.6 is 11.6 Å². The van der Waals surface area contributed by atoms with E-state index in [0.717, 1.165) is 5.56 Å². The highest BCUT2D eigenvalue weighted by Gasteiger charge is 2.24. The van der Waals surface area contributed by atoms with E-state index in [1.54, 1.807) is 31.4 Å². The van der Waals surface area contributed by atoms with Gasteiger partial charge in [0.05, 0.1) is 24.8 Å². The van der Waals surface area contributed by atoms with Crippen LogP contribution in [-0.2, 0) is 21.3 Å². The third-order valence-electron chi connectivity index (χ3n) is 3.58. The van der Waals surface area contributed by atoms with Gasteiger partial charge in [0.15, 0.2) is 0 Å². The molecule has 0 heterocycles. The van der Waals surface area contributed by atoms with Crippen LogP contribution in [0.2, 0.25) is 5.02 Å². The zero-order chi connectivity index (χ0) is 18.6. The molecular formula is C17H18ClNO5S. The number of ether oxygens (including phenoxy) is 2. The van der Waals surface area contributed by atoms with E-state index in [1.807, 2.05) is 0 Å². The van der Waals surface area contributed by atoms with Crippen molar-refractivity contribution in [1.82, 2.24) is 4.31 Å². The van der Waals surface area contributed by atoms with E-state index in [0.29, 0.717) is 5.75 Å². The fourth-order valence-electron chi connectivity index (χ4n) is 2.24. The predicted molar refractivity (Wildman–Crippen MR) is 94.4 cm³/mol. The first-order valence-corrected chi connectivity index (χ1v) is 9.08. The largest absolute Gasteiger partial charge is 0.497 e. The minimum atomic E-state index is -3.83. The van der Waals surface area contributed by atoms with Crippen LogP contribution in [0.1, 0.15) is 15.9 Å². The lowest BCUT2D eigenvalue weighted by Crippen LogP contribution is -2.26. The molecule has 0 atom stereocenters. The molecule has 2 aromatic rings. The van der Waals surface area contributed by atoms with Gasteiger partial charge in [-0.15, -0.1) is 0 Å². The summed E-state index contributed by atoms with van der Waals surface area (Å²) >= 11 is 6.08. The van der Waals surface area contributed by atoms with Crippen molar-refractivity contribution in [3.63, 3.8) is 0 Å². The van der Waals surface area contributed by atoms with E-state index >= 15 is 0 Å². The number of sulfonamides is 1. The summed E-state index contributed by atoms with van der Waals surface area (Å²) in [4.78, 5) is 11.4. The predicted octanol–water partition coefficient (Wildman–Crippen LogP) is 2.96. The second-order valence-corrected chi connectivity index (χ2v) is 7.67. The molecule has 0 aliphatic heterocycles. The molecule has 0 aromatic heterocycles. The zero-order valence-electron chi connectivity index (χ0n) is 14.0. The Morgan fingerprint density at radius 2 is 1.88 bits per heavy atom. The summed E-state index contributed by atoms with van der Waals surface area (Å²) in [6, 6.07) is 11.1. The van der Waals surface area contributed by atoms with Crippen molar-refractivity contribution in [2.75, 3.05) is 21.3 Å². The van der Waals surface area contributed by atoms with Gasteiger partial charge in [-0.2, -0.15) is 4.31 Å². The van der Waals surface area contributed by atoms with E-state index < -0.39 is 16.0 Å². The molecule has 134 valence electrons. The fraction of sp³-hybridized carbons (Fsp3) is 0.235. The van der Waals surface area contributed by atoms with Crippen LogP contribution in [0.25, 0.3) is 0 Å². The molecule has 0 spiro atoms. The quantitative estimate of drug-likeness (QED) is 0.717. The van der Waals surface area contributed by atoms with Gasteiger partial charge in [0.25, 0.3) is 0 Å². The van der Waals surface area contributed by atoms with Gasteiger partial charge in [0.1, 0.15) is 10.6 Å². The molecule has 2 rings (SSSR count). The van der Waals surface area contributed by atoms with Crippen LogP contribution in [0.5, 0.6) is 5.75 Å². The first kappa shape index (κ1) is 19.2. The SMILES string of the molecule is COC(=O)c1ccc(S(=O)(=O)N(C)Cc2cccc(OC)c2)c(Cl)c1. The van der Waals surface area contributed by atoms with Crippen molar-refractivity contribution in [1.29, 1.82) is 0 Å². The van der Waals surface area contributed by atoms with Crippen molar-refractivity contribution in [2.24, 2.45) is 0 Å². The Morgan fingerprint density at radius 1 is 1.16 bits per heavy atom. The molecule has 0 radical (unpaired) electrons. The van der Waals surface area contributed by atoms with Gasteiger partial charge in [-0.05, 0) is 35.9 Å². The summed E-state index contributed by atoms with van der Waals surface area (Å²) < 4.78 is 36.4. The monoisotopic (exact) mass is 383 g/mol. The van der Waals surface area contributed by atoms with Gasteiger partial charge in [-0.25, -0.2) is 13.2 Å². The van der Waals surface area contributed by atoms with Crippen LogP contribution < -0.4 is 4.74 Å². The van der Waals surface area contributed by atoms with E-state index in [-0.39, 0.29) is 22.0 Å². The zero-order valence-corrected chi connectivity index (χ0v) is 15.6. The van der Waals surface area contributed by atoms with Crippen LogP contribution in [0.15, 0.2) is 47.4 Å². The van der Waals surface area contributed by atoms with E-state index in [1.165, 1.54) is 36.7 Å². The first-order chi connectivity index (χ1) is 11.8. The standard InChI is InChI=1S/C17H18ClNO5S/c1-19(11-12-5-4-6-14(9-12)23-2)25(21,22)16-8-7-13(10-15(16)18)17(20)24-3/h4-10H,11H2,1-3H3. The number of hydrogen-bond acceptors (Lipinski definition) is 5. The maximum absolute atomic E-state index is 12.8. The minimum Gasteiger partial charge on any atom is -0.497 e. The van der Waals surface area contributed by atoms with Crippen LogP contribution in [-0.4, -0.2) is 40.0 Å². The Kier molecular flexibility index (Phi) is 6.05. The Labute approximate surface area is 152 Å². The summed E-state index contributed by atoms with van der Waals surface area (Å²) in [7, 11) is 0.412. The number of nitrogens with zero attached hydrogens (tertiary/aromatic N) is 1. The highest BCUT2D eigenvalue weighted by molar-refractivity contribution is 7.89. The Balaban J connectivity index is 2.29. The third-order valence-corrected chi connectivity index (χ3v) is 5.87. The number of rotatable bonds is 6. The van der Waals surface area contributed by atoms with Crippen molar-refractivity contribution < 1.29 is 22.7 Å². The third kappa shape index (κ3) is 4.31. The van der Waals surface area contributed by atoms with Crippen molar-refractivity contribution in [3.05, 3.63) is 58.6 Å². The maximum atomic E-state index is 12.8. The summed E-state index contributed by atoms with van der Waals surface area (Å²) in [5.41, 5.74) is 0.953. The van der Waals surface area contributed by atoms with Crippen LogP contribution in [0.4, 0.5) is 0 Å². The van der Waals surface area contributed by atoms with Gasteiger partial charge in [-0.3, -0.25) is 0 Å². The van der Waals surface area contributed by atoms with Gasteiger partial charge in [-0.1, -0.05) is 23.7 Å². The Hall–Kier alpha value is -2.09. The molecule has 6 nitrogen and oxygen atoms in total. The highest BCUT2D eigenvalue weighted by atomic mass is 35.5. The van der Waals surface area contributed by atoms with Gasteiger partial charge < -0.3 is 9.47 Å². The first-order valence-electron chi connectivity index (χ1n) is 7.26. The summed E-state index contributed by atoms with van der Waals surface area (Å²) in [5.74, 6) is 0.0549. The molecule has 0 aliphatic rings. The average Bonchev–Trinajstić information content (AvgIpc) is 2.60. The van der Waals surface area contributed by atoms with Crippen molar-refractivity contribution in [2.45, 2.75) is 11.4 Å².